The fraction of sp³-hybridized carbons (Fsp3) is 0.500. The van der Waals surface area contributed by atoms with Crippen LogP contribution in [0.15, 0.2) is 40.4 Å². The van der Waals surface area contributed by atoms with E-state index in [9.17, 15) is 5.26 Å². The zero-order valence-electron chi connectivity index (χ0n) is 21.3. The third-order valence-corrected chi connectivity index (χ3v) is 7.22. The number of rotatable bonds is 6. The zero-order valence-corrected chi connectivity index (χ0v) is 21.3. The molecule has 36 heavy (non-hydrogen) atoms. The van der Waals surface area contributed by atoms with Gasteiger partial charge in [0.25, 0.3) is 0 Å². The topological polar surface area (TPSA) is 75.5 Å². The molecule has 1 fully saturated rings. The third-order valence-electron chi connectivity index (χ3n) is 7.22. The highest BCUT2D eigenvalue weighted by Gasteiger charge is 2.24. The fourth-order valence-corrected chi connectivity index (χ4v) is 5.07. The van der Waals surface area contributed by atoms with Gasteiger partial charge in [0.2, 0.25) is 0 Å². The normalized spacial score (nSPS) is 23.1. The number of halogens is 2. The maximum atomic E-state index is 15.5. The van der Waals surface area contributed by atoms with Crippen molar-refractivity contribution in [3.05, 3.63) is 63.8 Å². The van der Waals surface area contributed by atoms with Crippen molar-refractivity contribution in [1.29, 1.82) is 5.26 Å². The fourth-order valence-electron chi connectivity index (χ4n) is 5.07. The lowest BCUT2D eigenvalue weighted by Crippen LogP contribution is -2.50. The van der Waals surface area contributed by atoms with E-state index in [-0.39, 0.29) is 29.8 Å². The number of nitriles is 1. The summed E-state index contributed by atoms with van der Waals surface area (Å²) in [6.45, 7) is 13.4. The van der Waals surface area contributed by atoms with E-state index < -0.39 is 11.6 Å². The van der Waals surface area contributed by atoms with E-state index in [1.54, 1.807) is 6.08 Å². The molecule has 1 aromatic carbocycles. The highest BCUT2D eigenvalue weighted by molar-refractivity contribution is 6.01. The molecule has 0 aromatic heterocycles. The molecule has 8 heteroatoms. The number of fused-ring (bicyclic) bond motifs is 1. The molecule has 192 valence electrons. The molecule has 6 nitrogen and oxygen atoms in total. The molecule has 1 unspecified atom stereocenters. The first-order valence-electron chi connectivity index (χ1n) is 12.8. The van der Waals surface area contributed by atoms with Gasteiger partial charge in [0.1, 0.15) is 23.5 Å². The summed E-state index contributed by atoms with van der Waals surface area (Å²) in [6.07, 6.45) is 6.19. The molecule has 3 N–H and O–H groups in total. The Kier molecular flexibility index (Phi) is 8.68. The lowest BCUT2D eigenvalue weighted by atomic mass is 9.91. The molecule has 1 aromatic rings. The van der Waals surface area contributed by atoms with Crippen LogP contribution in [-0.4, -0.2) is 56.2 Å². The van der Waals surface area contributed by atoms with Crippen molar-refractivity contribution >= 4 is 11.9 Å². The summed E-state index contributed by atoms with van der Waals surface area (Å²) in [6, 6.07) is 3.28. The minimum Gasteiger partial charge on any atom is -0.354 e. The van der Waals surface area contributed by atoms with Crippen LogP contribution in [0, 0.1) is 23.0 Å². The van der Waals surface area contributed by atoms with E-state index in [1.807, 2.05) is 19.9 Å². The molecule has 0 amide bonds. The van der Waals surface area contributed by atoms with Crippen molar-refractivity contribution in [2.75, 3.05) is 39.3 Å². The summed E-state index contributed by atoms with van der Waals surface area (Å²) in [7, 11) is 0. The number of hydrogen-bond donors (Lipinski definition) is 3. The Morgan fingerprint density at radius 1 is 1.33 bits per heavy atom. The van der Waals surface area contributed by atoms with Gasteiger partial charge in [-0.3, -0.25) is 15.2 Å². The Labute approximate surface area is 212 Å². The average molecular weight is 495 g/mol. The first kappa shape index (κ1) is 26.2. The third kappa shape index (κ3) is 6.28. The molecule has 4 rings (SSSR count). The zero-order chi connectivity index (χ0) is 25.7. The van der Waals surface area contributed by atoms with Crippen LogP contribution in [0.4, 0.5) is 8.78 Å². The standard InChI is InChI=1S/C28H36F2N6/c1-18-4-5-19(2)26-23(12-18)27(30)22(13-24(26)29)16-34-28(20(3)14-31)35-25-7-6-21(15-33-25)17-36-10-8-32-9-11-36/h6,12-13,19,25,32-33H,3-5,7-11,15-17H2,1-2H3,(H,34,35)/t19?,25-/m1/s1. The Balaban J connectivity index is 1.47. The van der Waals surface area contributed by atoms with Gasteiger partial charge in [-0.15, -0.1) is 0 Å². The second-order valence-corrected chi connectivity index (χ2v) is 10.0. The van der Waals surface area contributed by atoms with Gasteiger partial charge in [0.15, 0.2) is 0 Å². The molecule has 0 radical (unpaired) electrons. The van der Waals surface area contributed by atoms with Gasteiger partial charge in [-0.2, -0.15) is 5.26 Å². The monoisotopic (exact) mass is 494 g/mol. The predicted octanol–water partition coefficient (Wildman–Crippen LogP) is 3.98. The van der Waals surface area contributed by atoms with Gasteiger partial charge >= 0.3 is 0 Å². The molecule has 0 bridgehead atoms. The Morgan fingerprint density at radius 3 is 2.81 bits per heavy atom. The highest BCUT2D eigenvalue weighted by atomic mass is 19.1. The van der Waals surface area contributed by atoms with Crippen molar-refractivity contribution in [2.45, 2.75) is 51.7 Å². The van der Waals surface area contributed by atoms with Crippen molar-refractivity contribution in [3.63, 3.8) is 0 Å². The van der Waals surface area contributed by atoms with Crippen LogP contribution in [0.2, 0.25) is 0 Å². The molecular formula is C28H36F2N6. The van der Waals surface area contributed by atoms with Gasteiger partial charge in [0.05, 0.1) is 18.3 Å². The van der Waals surface area contributed by atoms with E-state index in [2.05, 4.69) is 38.5 Å². The number of piperazine rings is 1. The van der Waals surface area contributed by atoms with Gasteiger partial charge in [-0.05, 0) is 43.7 Å². The van der Waals surface area contributed by atoms with Crippen LogP contribution in [0.1, 0.15) is 55.7 Å². The van der Waals surface area contributed by atoms with Crippen LogP contribution in [0.5, 0.6) is 0 Å². The number of nitrogens with one attached hydrogen (secondary N) is 3. The number of aliphatic imine (C=N–C) groups is 1. The largest absolute Gasteiger partial charge is 0.354 e. The lowest BCUT2D eigenvalue weighted by molar-refractivity contribution is 0.255. The molecule has 3 aliphatic rings. The minimum absolute atomic E-state index is 0.0572. The van der Waals surface area contributed by atoms with Gasteiger partial charge in [0, 0.05) is 56.0 Å². The summed E-state index contributed by atoms with van der Waals surface area (Å²) < 4.78 is 30.5. The summed E-state index contributed by atoms with van der Waals surface area (Å²) in [5.74, 6) is -0.608. The summed E-state index contributed by atoms with van der Waals surface area (Å²) in [4.78, 5) is 6.90. The van der Waals surface area contributed by atoms with E-state index in [0.717, 1.165) is 64.1 Å². The average Bonchev–Trinajstić information content (AvgIpc) is 3.04. The Bertz CT molecular complexity index is 1120. The molecule has 1 saturated heterocycles. The molecule has 0 saturated carbocycles. The van der Waals surface area contributed by atoms with Crippen LogP contribution in [-0.2, 0) is 6.54 Å². The Hall–Kier alpha value is -2.86. The molecule has 2 atom stereocenters. The minimum atomic E-state index is -0.443. The summed E-state index contributed by atoms with van der Waals surface area (Å²) in [5.41, 5.74) is 3.47. The Morgan fingerprint density at radius 2 is 2.11 bits per heavy atom. The van der Waals surface area contributed by atoms with E-state index in [1.165, 1.54) is 11.6 Å². The molecular weight excluding hydrogens is 458 g/mol. The number of benzene rings is 1. The molecule has 0 spiro atoms. The van der Waals surface area contributed by atoms with Crippen molar-refractivity contribution < 1.29 is 8.78 Å². The van der Waals surface area contributed by atoms with Crippen molar-refractivity contribution in [2.24, 2.45) is 4.99 Å². The number of hydrogen-bond acceptors (Lipinski definition) is 5. The van der Waals surface area contributed by atoms with Gasteiger partial charge in [-0.1, -0.05) is 31.2 Å². The summed E-state index contributed by atoms with van der Waals surface area (Å²) >= 11 is 0. The van der Waals surface area contributed by atoms with Crippen molar-refractivity contribution in [1.82, 2.24) is 20.9 Å². The van der Waals surface area contributed by atoms with Crippen LogP contribution >= 0.6 is 0 Å². The first-order chi connectivity index (χ1) is 17.4. The first-order valence-corrected chi connectivity index (χ1v) is 12.8. The van der Waals surface area contributed by atoms with Crippen LogP contribution in [0.25, 0.3) is 6.08 Å². The second kappa shape index (κ2) is 11.9. The summed E-state index contributed by atoms with van der Waals surface area (Å²) in [5, 5.41) is 19.5. The SMILES string of the molecule is C=C(C#N)C(=NCc1cc(F)c2c(c1F)C=C(C)CCC2C)N[C@@H]1CC=C(CN2CCNCC2)CN1. The lowest BCUT2D eigenvalue weighted by Gasteiger charge is -2.31. The van der Waals surface area contributed by atoms with Gasteiger partial charge in [-0.25, -0.2) is 8.78 Å². The van der Waals surface area contributed by atoms with E-state index in [0.29, 0.717) is 17.0 Å². The van der Waals surface area contributed by atoms with E-state index >= 15 is 8.78 Å². The molecule has 1 aliphatic carbocycles. The van der Waals surface area contributed by atoms with Crippen LogP contribution in [0.3, 0.4) is 0 Å². The smallest absolute Gasteiger partial charge is 0.140 e. The highest BCUT2D eigenvalue weighted by Crippen LogP contribution is 2.36. The predicted molar refractivity (Wildman–Crippen MR) is 140 cm³/mol. The van der Waals surface area contributed by atoms with Crippen LogP contribution < -0.4 is 16.0 Å². The molecule has 2 aliphatic heterocycles. The van der Waals surface area contributed by atoms with Gasteiger partial charge < -0.3 is 10.6 Å². The van der Waals surface area contributed by atoms with Crippen molar-refractivity contribution in [3.8, 4) is 6.07 Å². The maximum Gasteiger partial charge on any atom is 0.140 e. The quantitative estimate of drug-likeness (QED) is 0.241. The number of allylic oxidation sites excluding steroid dienone is 1. The second-order valence-electron chi connectivity index (χ2n) is 10.0. The number of nitrogens with zero attached hydrogens (tertiary/aromatic N) is 3. The van der Waals surface area contributed by atoms with E-state index in [4.69, 9.17) is 0 Å². The molecule has 2 heterocycles. The maximum absolute atomic E-state index is 15.5. The number of amidine groups is 1.